The molecule has 154 valence electrons. The molecule has 8 heteroatoms. The lowest BCUT2D eigenvalue weighted by atomic mass is 10.2. The number of carbonyl (C=O) groups is 1. The molecule has 0 aliphatic carbocycles. The lowest BCUT2D eigenvalue weighted by molar-refractivity contribution is -0.385. The van der Waals surface area contributed by atoms with E-state index in [2.05, 4.69) is 5.32 Å². The van der Waals surface area contributed by atoms with Gasteiger partial charge in [-0.1, -0.05) is 41.9 Å². The van der Waals surface area contributed by atoms with Gasteiger partial charge in [0.25, 0.3) is 0 Å². The maximum absolute atomic E-state index is 12.3. The molecule has 30 heavy (non-hydrogen) atoms. The van der Waals surface area contributed by atoms with Gasteiger partial charge >= 0.3 is 5.69 Å². The third kappa shape index (κ3) is 5.96. The largest absolute Gasteiger partial charge is 0.487 e. The van der Waals surface area contributed by atoms with Gasteiger partial charge in [-0.3, -0.25) is 14.9 Å². The number of amides is 1. The van der Waals surface area contributed by atoms with Crippen LogP contribution in [0, 0.1) is 10.1 Å². The van der Waals surface area contributed by atoms with E-state index in [0.29, 0.717) is 28.6 Å². The number of rotatable bonds is 9. The Hall–Kier alpha value is -3.58. The number of nitrogens with one attached hydrogen (secondary N) is 1. The average molecular weight is 427 g/mol. The zero-order valence-electron chi connectivity index (χ0n) is 15.9. The molecule has 1 amide bonds. The van der Waals surface area contributed by atoms with Crippen molar-refractivity contribution in [1.29, 1.82) is 0 Å². The third-order valence-corrected chi connectivity index (χ3v) is 4.29. The summed E-state index contributed by atoms with van der Waals surface area (Å²) >= 11 is 6.06. The second kappa shape index (κ2) is 10.3. The standard InChI is InChI=1S/C22H19ClN2O5/c23-16-12-13-20(30-17-7-2-1-3-8-17)18(15-16)24-22(26)11-6-14-29-21-10-5-4-9-19(21)25(27)28/h1-5,7-10,12-13,15H,6,11,14H2,(H,24,26). The van der Waals surface area contributed by atoms with Crippen LogP contribution >= 0.6 is 11.6 Å². The molecule has 0 spiro atoms. The lowest BCUT2D eigenvalue weighted by Crippen LogP contribution is -2.13. The first kappa shape index (κ1) is 21.1. The fourth-order valence-electron chi connectivity index (χ4n) is 2.66. The second-order valence-corrected chi connectivity index (χ2v) is 6.72. The summed E-state index contributed by atoms with van der Waals surface area (Å²) < 4.78 is 11.3. The first-order chi connectivity index (χ1) is 14.5. The molecule has 0 fully saturated rings. The van der Waals surface area contributed by atoms with Crippen molar-refractivity contribution in [2.75, 3.05) is 11.9 Å². The zero-order valence-corrected chi connectivity index (χ0v) is 16.7. The van der Waals surface area contributed by atoms with Crippen LogP contribution in [0.2, 0.25) is 5.02 Å². The van der Waals surface area contributed by atoms with Crippen LogP contribution in [0.1, 0.15) is 12.8 Å². The highest BCUT2D eigenvalue weighted by molar-refractivity contribution is 6.31. The van der Waals surface area contributed by atoms with E-state index >= 15 is 0 Å². The summed E-state index contributed by atoms with van der Waals surface area (Å²) in [4.78, 5) is 22.8. The minimum absolute atomic E-state index is 0.108. The Morgan fingerprint density at radius 2 is 1.73 bits per heavy atom. The molecular weight excluding hydrogens is 408 g/mol. The second-order valence-electron chi connectivity index (χ2n) is 6.28. The smallest absolute Gasteiger partial charge is 0.310 e. The number of halogens is 1. The van der Waals surface area contributed by atoms with E-state index in [1.807, 2.05) is 18.2 Å². The van der Waals surface area contributed by atoms with Crippen LogP contribution in [0.5, 0.6) is 17.2 Å². The average Bonchev–Trinajstić information content (AvgIpc) is 2.74. The molecule has 0 aliphatic rings. The quantitative estimate of drug-likeness (QED) is 0.264. The van der Waals surface area contributed by atoms with Gasteiger partial charge in [0.05, 0.1) is 17.2 Å². The molecule has 3 aromatic rings. The van der Waals surface area contributed by atoms with Crippen LogP contribution in [-0.2, 0) is 4.79 Å². The molecule has 0 bridgehead atoms. The number of benzene rings is 3. The van der Waals surface area contributed by atoms with E-state index in [9.17, 15) is 14.9 Å². The van der Waals surface area contributed by atoms with Crippen LogP contribution in [0.4, 0.5) is 11.4 Å². The molecule has 1 N–H and O–H groups in total. The highest BCUT2D eigenvalue weighted by Gasteiger charge is 2.14. The Kier molecular flexibility index (Phi) is 7.24. The number of anilines is 1. The van der Waals surface area contributed by atoms with Crippen molar-refractivity contribution in [3.05, 3.63) is 87.9 Å². The maximum Gasteiger partial charge on any atom is 0.310 e. The minimum atomic E-state index is -0.505. The van der Waals surface area contributed by atoms with Crippen LogP contribution in [0.3, 0.4) is 0 Å². The van der Waals surface area contributed by atoms with Gasteiger partial charge in [0, 0.05) is 17.5 Å². The van der Waals surface area contributed by atoms with Gasteiger partial charge in [0.1, 0.15) is 5.75 Å². The third-order valence-electron chi connectivity index (χ3n) is 4.05. The van der Waals surface area contributed by atoms with Crippen LogP contribution in [0.25, 0.3) is 0 Å². The van der Waals surface area contributed by atoms with Crippen molar-refractivity contribution in [3.63, 3.8) is 0 Å². The molecule has 0 aliphatic heterocycles. The number of nitro benzene ring substituents is 1. The summed E-state index contributed by atoms with van der Waals surface area (Å²) in [6.45, 7) is 0.168. The molecule has 0 saturated carbocycles. The Labute approximate surface area is 178 Å². The van der Waals surface area contributed by atoms with E-state index < -0.39 is 4.92 Å². The first-order valence-corrected chi connectivity index (χ1v) is 9.59. The predicted molar refractivity (Wildman–Crippen MR) is 114 cm³/mol. The molecule has 3 rings (SSSR count). The maximum atomic E-state index is 12.3. The number of nitrogens with zero attached hydrogens (tertiary/aromatic N) is 1. The van der Waals surface area contributed by atoms with E-state index in [-0.39, 0.29) is 30.4 Å². The SMILES string of the molecule is O=C(CCCOc1ccccc1[N+](=O)[O-])Nc1cc(Cl)ccc1Oc1ccccc1. The van der Waals surface area contributed by atoms with Crippen molar-refractivity contribution in [1.82, 2.24) is 0 Å². The molecule has 7 nitrogen and oxygen atoms in total. The topological polar surface area (TPSA) is 90.7 Å². The fourth-order valence-corrected chi connectivity index (χ4v) is 2.83. The Bertz CT molecular complexity index is 1030. The van der Waals surface area contributed by atoms with Gasteiger partial charge in [-0.25, -0.2) is 0 Å². The van der Waals surface area contributed by atoms with E-state index in [0.717, 1.165) is 0 Å². The summed E-state index contributed by atoms with van der Waals surface area (Å²) in [5, 5.41) is 14.2. The first-order valence-electron chi connectivity index (χ1n) is 9.21. The minimum Gasteiger partial charge on any atom is -0.487 e. The zero-order chi connectivity index (χ0) is 21.3. The molecule has 0 radical (unpaired) electrons. The van der Waals surface area contributed by atoms with Crippen molar-refractivity contribution >= 4 is 28.9 Å². The molecule has 0 unspecified atom stereocenters. The summed E-state index contributed by atoms with van der Waals surface area (Å²) in [6.07, 6.45) is 0.547. The van der Waals surface area contributed by atoms with Crippen molar-refractivity contribution in [2.45, 2.75) is 12.8 Å². The molecule has 0 aromatic heterocycles. The number of para-hydroxylation sites is 3. The lowest BCUT2D eigenvalue weighted by Gasteiger charge is -2.13. The van der Waals surface area contributed by atoms with Crippen molar-refractivity contribution in [3.8, 4) is 17.2 Å². The summed E-state index contributed by atoms with van der Waals surface area (Å²) in [5.41, 5.74) is 0.347. The summed E-state index contributed by atoms with van der Waals surface area (Å²) in [7, 11) is 0. The molecule has 0 atom stereocenters. The monoisotopic (exact) mass is 426 g/mol. The number of carbonyl (C=O) groups excluding carboxylic acids is 1. The van der Waals surface area contributed by atoms with Crippen LogP contribution in [0.15, 0.2) is 72.8 Å². The Balaban J connectivity index is 1.55. The van der Waals surface area contributed by atoms with Gasteiger partial charge in [0.2, 0.25) is 5.91 Å². The van der Waals surface area contributed by atoms with Gasteiger partial charge in [0.15, 0.2) is 11.5 Å². The molecule has 0 saturated heterocycles. The van der Waals surface area contributed by atoms with Gasteiger partial charge in [-0.15, -0.1) is 0 Å². The van der Waals surface area contributed by atoms with E-state index in [4.69, 9.17) is 21.1 Å². The van der Waals surface area contributed by atoms with E-state index in [1.165, 1.54) is 12.1 Å². The Morgan fingerprint density at radius 3 is 2.50 bits per heavy atom. The van der Waals surface area contributed by atoms with E-state index in [1.54, 1.807) is 42.5 Å². The number of hydrogen-bond donors (Lipinski definition) is 1. The molecule has 3 aromatic carbocycles. The fraction of sp³-hybridized carbons (Fsp3) is 0.136. The van der Waals surface area contributed by atoms with Gasteiger partial charge < -0.3 is 14.8 Å². The van der Waals surface area contributed by atoms with Crippen LogP contribution in [-0.4, -0.2) is 17.4 Å². The highest BCUT2D eigenvalue weighted by Crippen LogP contribution is 2.32. The van der Waals surface area contributed by atoms with Gasteiger partial charge in [-0.05, 0) is 42.8 Å². The van der Waals surface area contributed by atoms with Crippen molar-refractivity contribution in [2.24, 2.45) is 0 Å². The summed E-state index contributed by atoms with van der Waals surface area (Å²) in [5.74, 6) is 1.03. The molecular formula is C22H19ClN2O5. The normalized spacial score (nSPS) is 10.3. The number of nitro groups is 1. The van der Waals surface area contributed by atoms with Crippen LogP contribution < -0.4 is 14.8 Å². The molecule has 0 heterocycles. The van der Waals surface area contributed by atoms with Crippen molar-refractivity contribution < 1.29 is 19.2 Å². The Morgan fingerprint density at radius 1 is 1.00 bits per heavy atom. The van der Waals surface area contributed by atoms with Gasteiger partial charge in [-0.2, -0.15) is 0 Å². The number of hydrogen-bond acceptors (Lipinski definition) is 5. The highest BCUT2D eigenvalue weighted by atomic mass is 35.5. The predicted octanol–water partition coefficient (Wildman–Crippen LogP) is 5.84. The number of ether oxygens (including phenoxy) is 2. The summed E-state index contributed by atoms with van der Waals surface area (Å²) in [6, 6.07) is 20.3.